The molecule has 5 aliphatic rings. The molecule has 4 bridgehead atoms. The maximum atomic E-state index is 13.8. The lowest BCUT2D eigenvalue weighted by molar-refractivity contribution is -0.220. The van der Waals surface area contributed by atoms with Gasteiger partial charge in [0, 0.05) is 37.1 Å². The van der Waals surface area contributed by atoms with Crippen molar-refractivity contribution in [3.63, 3.8) is 0 Å². The Balaban J connectivity index is 1.32. The first-order valence-electron chi connectivity index (χ1n) is 16.1. The van der Waals surface area contributed by atoms with Crippen LogP contribution in [0.1, 0.15) is 58.9 Å². The zero-order valence-corrected chi connectivity index (χ0v) is 27.4. The summed E-state index contributed by atoms with van der Waals surface area (Å²) in [7, 11) is 1.72. The van der Waals surface area contributed by atoms with Crippen molar-refractivity contribution in [3.8, 4) is 0 Å². The van der Waals surface area contributed by atoms with Crippen LogP contribution in [0.5, 0.6) is 0 Å². The maximum absolute atomic E-state index is 13.8. The van der Waals surface area contributed by atoms with Crippen LogP contribution in [-0.2, 0) is 30.3 Å². The zero-order chi connectivity index (χ0) is 30.7. The molecule has 4 aliphatic carbocycles. The van der Waals surface area contributed by atoms with E-state index in [1.807, 2.05) is 6.92 Å². The predicted octanol–water partition coefficient (Wildman–Crippen LogP) is 5.91. The molecule has 1 aromatic carbocycles. The lowest BCUT2D eigenvalue weighted by Gasteiger charge is -2.58. The molecule has 10 atom stereocenters. The number of hydrogen-bond donors (Lipinski definition) is 1. The van der Waals surface area contributed by atoms with Crippen LogP contribution < -0.4 is 0 Å². The Labute approximate surface area is 261 Å². The van der Waals surface area contributed by atoms with E-state index in [-0.39, 0.29) is 36.6 Å². The van der Waals surface area contributed by atoms with Crippen LogP contribution in [-0.4, -0.2) is 73.8 Å². The number of thioether (sulfide) groups is 1. The number of fused-ring (bicyclic) bond motifs is 2. The van der Waals surface area contributed by atoms with Crippen molar-refractivity contribution in [2.24, 2.45) is 45.8 Å². The highest BCUT2D eigenvalue weighted by molar-refractivity contribution is 7.98. The summed E-state index contributed by atoms with van der Waals surface area (Å²) in [4.78, 5) is 30.7. The number of aldehydes is 1. The van der Waals surface area contributed by atoms with Crippen LogP contribution in [0.4, 0.5) is 0 Å². The van der Waals surface area contributed by atoms with Gasteiger partial charge in [0.05, 0.1) is 24.2 Å². The van der Waals surface area contributed by atoms with E-state index < -0.39 is 28.5 Å². The molecule has 4 fully saturated rings. The second-order valence-corrected chi connectivity index (χ2v) is 15.3. The van der Waals surface area contributed by atoms with E-state index in [1.165, 1.54) is 10.5 Å². The molecular weight excluding hydrogens is 562 g/mol. The van der Waals surface area contributed by atoms with Gasteiger partial charge in [-0.15, -0.1) is 11.8 Å². The number of nitrogens with zero attached hydrogens (tertiary/aromatic N) is 1. The quantitative estimate of drug-likeness (QED) is 0.199. The van der Waals surface area contributed by atoms with Crippen molar-refractivity contribution in [2.75, 3.05) is 33.1 Å². The molecule has 6 rings (SSSR count). The van der Waals surface area contributed by atoms with Gasteiger partial charge in [-0.05, 0) is 79.7 Å². The summed E-state index contributed by atoms with van der Waals surface area (Å²) in [5.74, 6) is 0.121. The second-order valence-electron chi connectivity index (χ2n) is 14.4. The average Bonchev–Trinajstić information content (AvgIpc) is 3.51. The molecule has 7 nitrogen and oxygen atoms in total. The third-order valence-electron chi connectivity index (χ3n) is 12.3. The van der Waals surface area contributed by atoms with E-state index in [4.69, 9.17) is 14.2 Å². The van der Waals surface area contributed by atoms with Crippen molar-refractivity contribution in [2.45, 2.75) is 83.3 Å². The van der Waals surface area contributed by atoms with Gasteiger partial charge in [0.2, 0.25) is 0 Å². The third-order valence-corrected chi connectivity index (χ3v) is 13.0. The number of carbonyl (C=O) groups is 2. The molecule has 236 valence electrons. The number of ether oxygens (including phenoxy) is 3. The number of methoxy groups -OCH3 is 1. The molecule has 1 heterocycles. The van der Waals surface area contributed by atoms with E-state index in [0.29, 0.717) is 31.3 Å². The average molecular weight is 612 g/mol. The van der Waals surface area contributed by atoms with Gasteiger partial charge in [0.1, 0.15) is 11.7 Å². The van der Waals surface area contributed by atoms with E-state index in [9.17, 15) is 14.7 Å². The van der Waals surface area contributed by atoms with Gasteiger partial charge in [-0.25, -0.2) is 0 Å². The highest BCUT2D eigenvalue weighted by Gasteiger charge is 2.84. The lowest BCUT2D eigenvalue weighted by atomic mass is 9.43. The molecule has 43 heavy (non-hydrogen) atoms. The topological polar surface area (TPSA) is 85.3 Å². The Bertz CT molecular complexity index is 1250. The molecule has 1 aromatic rings. The van der Waals surface area contributed by atoms with E-state index >= 15 is 0 Å². The largest absolute Gasteiger partial charge is 0.481 e. The lowest BCUT2D eigenvalue weighted by Crippen LogP contribution is -2.63. The fourth-order valence-corrected chi connectivity index (χ4v) is 10.8. The molecule has 0 radical (unpaired) electrons. The second kappa shape index (κ2) is 11.6. The van der Waals surface area contributed by atoms with Crippen molar-refractivity contribution in [1.29, 1.82) is 0 Å². The van der Waals surface area contributed by atoms with Gasteiger partial charge in [-0.2, -0.15) is 0 Å². The SMILES string of the molecule is CO[C@H]1CN(Cc2ccc(SC)cc2)C[C@H](OCC23C[C@@H]4[C@H](C)CC[C@H]4C4(C=O)CC2C=C(C(C)C)C34C(=O)O)O[C@@H]1C. The molecule has 0 amide bonds. The smallest absolute Gasteiger partial charge is 0.315 e. The Hall–Kier alpha value is -1.71. The minimum Gasteiger partial charge on any atom is -0.481 e. The minimum atomic E-state index is -1.24. The summed E-state index contributed by atoms with van der Waals surface area (Å²) in [5, 5.41) is 11.3. The van der Waals surface area contributed by atoms with Crippen molar-refractivity contribution in [3.05, 3.63) is 41.5 Å². The van der Waals surface area contributed by atoms with Crippen LogP contribution in [0.15, 0.2) is 40.8 Å². The molecular formula is C35H49NO6S. The maximum Gasteiger partial charge on any atom is 0.315 e. The number of carboxylic acid groups (broad SMARTS) is 1. The standard InChI is InChI=1S/C35H49NO6S/c1-21(2)29-13-25-14-33(19-37)28-12-7-22(3)27(28)15-34(25,35(29,33)32(38)39)20-41-31-18-36(17-30(40-5)23(4)42-31)16-24-8-10-26(43-6)11-9-24/h8-11,13,19,21-23,25,27-28,30-31H,7,12,14-18,20H2,1-6H3,(H,38,39)/t22-,23-,25?,27-,28-,30+,31-,33?,34?,35?/m1/s1. The highest BCUT2D eigenvalue weighted by atomic mass is 32.2. The van der Waals surface area contributed by atoms with Gasteiger partial charge < -0.3 is 24.1 Å². The van der Waals surface area contributed by atoms with Gasteiger partial charge in [0.15, 0.2) is 6.29 Å². The van der Waals surface area contributed by atoms with E-state index in [0.717, 1.165) is 37.7 Å². The van der Waals surface area contributed by atoms with Crippen LogP contribution >= 0.6 is 11.8 Å². The summed E-state index contributed by atoms with van der Waals surface area (Å²) in [6.45, 7) is 10.8. The van der Waals surface area contributed by atoms with Crippen LogP contribution in [0.2, 0.25) is 0 Å². The third kappa shape index (κ3) is 4.52. The van der Waals surface area contributed by atoms with E-state index in [2.05, 4.69) is 62.3 Å². The number of allylic oxidation sites excluding steroid dienone is 1. The van der Waals surface area contributed by atoms with Crippen molar-refractivity contribution in [1.82, 2.24) is 4.90 Å². The molecule has 0 aromatic heterocycles. The summed E-state index contributed by atoms with van der Waals surface area (Å²) in [6.07, 6.45) is 7.94. The Morgan fingerprint density at radius 3 is 2.56 bits per heavy atom. The fraction of sp³-hybridized carbons (Fsp3) is 0.714. The summed E-state index contributed by atoms with van der Waals surface area (Å²) in [5.41, 5.74) is -0.640. The first kappa shape index (κ1) is 31.3. The molecule has 1 aliphatic heterocycles. The van der Waals surface area contributed by atoms with Gasteiger partial charge in [-0.1, -0.05) is 51.0 Å². The number of rotatable bonds is 10. The Kier molecular flexibility index (Phi) is 8.42. The number of aliphatic carboxylic acids is 1. The normalized spacial score (nSPS) is 42.1. The van der Waals surface area contributed by atoms with Gasteiger partial charge in [0.25, 0.3) is 0 Å². The summed E-state index contributed by atoms with van der Waals surface area (Å²) < 4.78 is 19.2. The molecule has 8 heteroatoms. The summed E-state index contributed by atoms with van der Waals surface area (Å²) >= 11 is 1.73. The van der Waals surface area contributed by atoms with Crippen LogP contribution in [0, 0.1) is 45.8 Å². The predicted molar refractivity (Wildman–Crippen MR) is 167 cm³/mol. The molecule has 4 unspecified atom stereocenters. The molecule has 0 spiro atoms. The van der Waals surface area contributed by atoms with Crippen LogP contribution in [0.25, 0.3) is 0 Å². The summed E-state index contributed by atoms with van der Waals surface area (Å²) in [6, 6.07) is 8.64. The number of carboxylic acids is 1. The van der Waals surface area contributed by atoms with Crippen molar-refractivity contribution >= 4 is 24.0 Å². The monoisotopic (exact) mass is 611 g/mol. The number of hydrogen-bond acceptors (Lipinski definition) is 7. The molecule has 3 saturated carbocycles. The fourth-order valence-electron chi connectivity index (χ4n) is 10.4. The van der Waals surface area contributed by atoms with Gasteiger partial charge >= 0.3 is 5.97 Å². The molecule has 1 N–H and O–H groups in total. The first-order valence-corrected chi connectivity index (χ1v) is 17.4. The van der Waals surface area contributed by atoms with Crippen LogP contribution in [0.3, 0.4) is 0 Å². The van der Waals surface area contributed by atoms with E-state index in [1.54, 1.807) is 18.9 Å². The molecule has 1 saturated heterocycles. The number of carbonyl (C=O) groups excluding carboxylic acids is 1. The minimum absolute atomic E-state index is 0.00461. The Morgan fingerprint density at radius 1 is 1.19 bits per heavy atom. The van der Waals surface area contributed by atoms with Crippen molar-refractivity contribution < 1.29 is 28.9 Å². The van der Waals surface area contributed by atoms with Gasteiger partial charge in [-0.3, -0.25) is 9.69 Å². The number of benzene rings is 1. The zero-order valence-electron chi connectivity index (χ0n) is 26.6. The Morgan fingerprint density at radius 2 is 1.93 bits per heavy atom. The first-order chi connectivity index (χ1) is 20.6. The highest BCUT2D eigenvalue weighted by Crippen LogP contribution is 2.82.